The Balaban J connectivity index is 1.70. The molecule has 2 aliphatic carbocycles. The van der Waals surface area contributed by atoms with Crippen LogP contribution in [0.2, 0.25) is 0 Å². The standard InChI is InChI=1S/C14H19NO2S/c16-13-11-8-4-5-9-12(11)14(17)15(13)18-10-6-2-1-3-7-10/h4,8,10-12H,1-3,5-7,9H2. The Bertz CT molecular complexity index is 387. The number of nitrogens with zero attached hydrogens (tertiary/aromatic N) is 1. The third kappa shape index (κ3) is 2.11. The molecule has 2 unspecified atom stereocenters. The number of allylic oxidation sites excluding steroid dienone is 1. The average Bonchev–Trinajstić information content (AvgIpc) is 2.66. The highest BCUT2D eigenvalue weighted by Crippen LogP contribution is 2.40. The molecular formula is C14H19NO2S. The topological polar surface area (TPSA) is 37.4 Å². The summed E-state index contributed by atoms with van der Waals surface area (Å²) < 4.78 is 1.49. The zero-order valence-corrected chi connectivity index (χ0v) is 11.3. The van der Waals surface area contributed by atoms with Crippen molar-refractivity contribution in [1.82, 2.24) is 4.31 Å². The van der Waals surface area contributed by atoms with Gasteiger partial charge in [-0.1, -0.05) is 31.4 Å². The van der Waals surface area contributed by atoms with Gasteiger partial charge in [-0.25, -0.2) is 4.31 Å². The fourth-order valence-corrected chi connectivity index (χ4v) is 4.49. The maximum atomic E-state index is 12.3. The summed E-state index contributed by atoms with van der Waals surface area (Å²) in [5, 5.41) is 0.468. The quantitative estimate of drug-likeness (QED) is 0.437. The van der Waals surface area contributed by atoms with Crippen molar-refractivity contribution in [2.45, 2.75) is 50.2 Å². The number of amides is 2. The maximum absolute atomic E-state index is 12.3. The monoisotopic (exact) mass is 265 g/mol. The first-order valence-corrected chi connectivity index (χ1v) is 7.82. The zero-order valence-electron chi connectivity index (χ0n) is 10.5. The molecule has 0 aromatic carbocycles. The molecule has 0 aromatic rings. The minimum atomic E-state index is -0.164. The van der Waals surface area contributed by atoms with Gasteiger partial charge in [0.05, 0.1) is 11.8 Å². The number of hydrogen-bond donors (Lipinski definition) is 0. The minimum Gasteiger partial charge on any atom is -0.273 e. The molecule has 1 saturated heterocycles. The number of carbonyl (C=O) groups is 2. The molecule has 0 N–H and O–H groups in total. The Kier molecular flexibility index (Phi) is 3.46. The Morgan fingerprint density at radius 2 is 1.83 bits per heavy atom. The summed E-state index contributed by atoms with van der Waals surface area (Å²) >= 11 is 1.51. The largest absolute Gasteiger partial charge is 0.273 e. The first kappa shape index (κ1) is 12.3. The maximum Gasteiger partial charge on any atom is 0.247 e. The Hall–Kier alpha value is -0.770. The SMILES string of the molecule is O=C1C2C=CCCC2C(=O)N1SC1CCCCC1. The number of fused-ring (bicyclic) bond motifs is 1. The second-order valence-corrected chi connectivity index (χ2v) is 6.72. The first-order chi connectivity index (χ1) is 8.77. The lowest BCUT2D eigenvalue weighted by Crippen LogP contribution is -2.27. The van der Waals surface area contributed by atoms with Gasteiger partial charge in [-0.2, -0.15) is 0 Å². The van der Waals surface area contributed by atoms with Crippen LogP contribution in [0.3, 0.4) is 0 Å². The van der Waals surface area contributed by atoms with E-state index in [2.05, 4.69) is 0 Å². The van der Waals surface area contributed by atoms with E-state index in [1.165, 1.54) is 35.5 Å². The van der Waals surface area contributed by atoms with E-state index >= 15 is 0 Å². The van der Waals surface area contributed by atoms with E-state index in [1.807, 2.05) is 12.2 Å². The van der Waals surface area contributed by atoms with Gasteiger partial charge < -0.3 is 0 Å². The summed E-state index contributed by atoms with van der Waals surface area (Å²) in [6, 6.07) is 0. The van der Waals surface area contributed by atoms with Crippen LogP contribution in [0.4, 0.5) is 0 Å². The molecule has 1 heterocycles. The molecule has 0 radical (unpaired) electrons. The van der Waals surface area contributed by atoms with E-state index in [0.717, 1.165) is 25.7 Å². The van der Waals surface area contributed by atoms with Gasteiger partial charge >= 0.3 is 0 Å². The molecule has 2 amide bonds. The summed E-state index contributed by atoms with van der Waals surface area (Å²) in [5.41, 5.74) is 0. The smallest absolute Gasteiger partial charge is 0.247 e. The molecule has 1 aliphatic heterocycles. The molecule has 0 spiro atoms. The summed E-state index contributed by atoms with van der Waals surface area (Å²) in [7, 11) is 0. The van der Waals surface area contributed by atoms with Crippen LogP contribution in [0.5, 0.6) is 0 Å². The van der Waals surface area contributed by atoms with Crippen LogP contribution < -0.4 is 0 Å². The number of carbonyl (C=O) groups excluding carboxylic acids is 2. The fourth-order valence-electron chi connectivity index (χ4n) is 3.18. The van der Waals surface area contributed by atoms with Crippen LogP contribution in [-0.4, -0.2) is 21.4 Å². The normalized spacial score (nSPS) is 33.0. The van der Waals surface area contributed by atoms with Crippen molar-refractivity contribution in [1.29, 1.82) is 0 Å². The zero-order chi connectivity index (χ0) is 12.5. The van der Waals surface area contributed by atoms with Crippen molar-refractivity contribution in [3.05, 3.63) is 12.2 Å². The van der Waals surface area contributed by atoms with Crippen molar-refractivity contribution in [2.24, 2.45) is 11.8 Å². The average molecular weight is 265 g/mol. The van der Waals surface area contributed by atoms with Gasteiger partial charge in [0, 0.05) is 5.25 Å². The van der Waals surface area contributed by atoms with E-state index in [0.29, 0.717) is 5.25 Å². The van der Waals surface area contributed by atoms with Crippen LogP contribution in [0.1, 0.15) is 44.9 Å². The van der Waals surface area contributed by atoms with Crippen LogP contribution in [0.15, 0.2) is 12.2 Å². The van der Waals surface area contributed by atoms with Crippen LogP contribution >= 0.6 is 11.9 Å². The van der Waals surface area contributed by atoms with Crippen molar-refractivity contribution in [3.63, 3.8) is 0 Å². The molecule has 3 nitrogen and oxygen atoms in total. The number of imide groups is 1. The molecule has 2 atom stereocenters. The predicted molar refractivity (Wildman–Crippen MR) is 71.7 cm³/mol. The lowest BCUT2D eigenvalue weighted by atomic mass is 9.86. The first-order valence-electron chi connectivity index (χ1n) is 6.98. The van der Waals surface area contributed by atoms with E-state index in [-0.39, 0.29) is 23.7 Å². The van der Waals surface area contributed by atoms with Crippen molar-refractivity contribution in [2.75, 3.05) is 0 Å². The highest BCUT2D eigenvalue weighted by Gasteiger charge is 2.47. The second-order valence-electron chi connectivity index (χ2n) is 5.47. The molecule has 18 heavy (non-hydrogen) atoms. The van der Waals surface area contributed by atoms with E-state index in [4.69, 9.17) is 0 Å². The van der Waals surface area contributed by atoms with Crippen molar-refractivity contribution >= 4 is 23.8 Å². The predicted octanol–water partition coefficient (Wildman–Crippen LogP) is 2.92. The van der Waals surface area contributed by atoms with Crippen LogP contribution in [-0.2, 0) is 9.59 Å². The molecule has 3 aliphatic rings. The Labute approximate surface area is 112 Å². The highest BCUT2D eigenvalue weighted by molar-refractivity contribution is 7.98. The third-order valence-corrected chi connectivity index (χ3v) is 5.57. The van der Waals surface area contributed by atoms with E-state index in [9.17, 15) is 9.59 Å². The summed E-state index contributed by atoms with van der Waals surface area (Å²) in [6.07, 6.45) is 11.8. The van der Waals surface area contributed by atoms with E-state index in [1.54, 1.807) is 0 Å². The Morgan fingerprint density at radius 1 is 1.06 bits per heavy atom. The second kappa shape index (κ2) is 5.08. The van der Waals surface area contributed by atoms with Gasteiger partial charge in [0.2, 0.25) is 11.8 Å². The summed E-state index contributed by atoms with van der Waals surface area (Å²) in [6.45, 7) is 0. The molecule has 1 saturated carbocycles. The molecule has 2 fully saturated rings. The van der Waals surface area contributed by atoms with Gasteiger partial charge in [-0.05, 0) is 37.6 Å². The van der Waals surface area contributed by atoms with Crippen LogP contribution in [0, 0.1) is 11.8 Å². The number of rotatable bonds is 2. The highest BCUT2D eigenvalue weighted by atomic mass is 32.2. The van der Waals surface area contributed by atoms with E-state index < -0.39 is 0 Å². The summed E-state index contributed by atoms with van der Waals surface area (Å²) in [5.74, 6) is -0.151. The number of hydrogen-bond acceptors (Lipinski definition) is 3. The van der Waals surface area contributed by atoms with Gasteiger partial charge in [-0.15, -0.1) is 0 Å². The molecule has 0 bridgehead atoms. The fraction of sp³-hybridized carbons (Fsp3) is 0.714. The minimum absolute atomic E-state index is 0.0246. The lowest BCUT2D eigenvalue weighted by molar-refractivity contribution is -0.133. The molecule has 98 valence electrons. The molecular weight excluding hydrogens is 246 g/mol. The third-order valence-electron chi connectivity index (χ3n) is 4.23. The van der Waals surface area contributed by atoms with Crippen molar-refractivity contribution in [3.8, 4) is 0 Å². The Morgan fingerprint density at radius 3 is 2.56 bits per heavy atom. The van der Waals surface area contributed by atoms with Gasteiger partial charge in [-0.3, -0.25) is 9.59 Å². The molecule has 4 heteroatoms. The van der Waals surface area contributed by atoms with Crippen LogP contribution in [0.25, 0.3) is 0 Å². The lowest BCUT2D eigenvalue weighted by Gasteiger charge is -2.24. The summed E-state index contributed by atoms with van der Waals surface area (Å²) in [4.78, 5) is 24.5. The van der Waals surface area contributed by atoms with Gasteiger partial charge in [0.1, 0.15) is 0 Å². The molecule has 0 aromatic heterocycles. The van der Waals surface area contributed by atoms with Gasteiger partial charge in [0.15, 0.2) is 0 Å². The van der Waals surface area contributed by atoms with Gasteiger partial charge in [0.25, 0.3) is 0 Å². The van der Waals surface area contributed by atoms with Crippen molar-refractivity contribution < 1.29 is 9.59 Å². The molecule has 3 rings (SSSR count).